The van der Waals surface area contributed by atoms with Crippen molar-refractivity contribution in [3.8, 4) is 0 Å². The number of hydrogen-bond donors (Lipinski definition) is 0. The SMILES string of the molecule is O=S(=O)(c1ccccc1)N1CCN(c2nc(C(F)(F)F)cs2)CC1. The van der Waals surface area contributed by atoms with Crippen molar-refractivity contribution in [2.75, 3.05) is 31.1 Å². The van der Waals surface area contributed by atoms with Crippen molar-refractivity contribution in [2.45, 2.75) is 11.1 Å². The third-order valence-electron chi connectivity index (χ3n) is 3.67. The second-order valence-corrected chi connectivity index (χ2v) is 7.99. The highest BCUT2D eigenvalue weighted by molar-refractivity contribution is 7.89. The summed E-state index contributed by atoms with van der Waals surface area (Å²) in [5.74, 6) is 0. The Morgan fingerprint density at radius 1 is 1.04 bits per heavy atom. The number of halogens is 3. The lowest BCUT2D eigenvalue weighted by Crippen LogP contribution is -2.48. The van der Waals surface area contributed by atoms with Crippen LogP contribution >= 0.6 is 11.3 Å². The highest BCUT2D eigenvalue weighted by Crippen LogP contribution is 2.33. The second kappa shape index (κ2) is 6.34. The first-order chi connectivity index (χ1) is 11.3. The third-order valence-corrected chi connectivity index (χ3v) is 6.49. The van der Waals surface area contributed by atoms with Crippen LogP contribution in [0.1, 0.15) is 5.69 Å². The first-order valence-corrected chi connectivity index (χ1v) is 9.43. The molecule has 2 aromatic rings. The van der Waals surface area contributed by atoms with Gasteiger partial charge in [0.05, 0.1) is 4.90 Å². The molecule has 0 spiro atoms. The Morgan fingerprint density at radius 2 is 1.67 bits per heavy atom. The number of alkyl halides is 3. The van der Waals surface area contributed by atoms with Gasteiger partial charge in [0, 0.05) is 31.6 Å². The highest BCUT2D eigenvalue weighted by atomic mass is 32.2. The van der Waals surface area contributed by atoms with Gasteiger partial charge in [0.15, 0.2) is 10.8 Å². The number of sulfonamides is 1. The first kappa shape index (κ1) is 17.2. The molecule has 1 aromatic carbocycles. The van der Waals surface area contributed by atoms with Crippen LogP contribution in [0, 0.1) is 0 Å². The van der Waals surface area contributed by atoms with Gasteiger partial charge in [0.1, 0.15) is 0 Å². The molecule has 0 amide bonds. The Kier molecular flexibility index (Phi) is 4.54. The zero-order valence-electron chi connectivity index (χ0n) is 12.4. The summed E-state index contributed by atoms with van der Waals surface area (Å²) in [6.07, 6.45) is -4.47. The molecule has 24 heavy (non-hydrogen) atoms. The number of thiazole rings is 1. The van der Waals surface area contributed by atoms with Gasteiger partial charge in [-0.25, -0.2) is 13.4 Å². The number of aromatic nitrogens is 1. The number of benzene rings is 1. The quantitative estimate of drug-likeness (QED) is 0.825. The van der Waals surface area contributed by atoms with Gasteiger partial charge in [-0.3, -0.25) is 0 Å². The summed E-state index contributed by atoms with van der Waals surface area (Å²) in [4.78, 5) is 5.49. The van der Waals surface area contributed by atoms with Crippen LogP contribution in [0.5, 0.6) is 0 Å². The molecule has 1 aromatic heterocycles. The van der Waals surface area contributed by atoms with Gasteiger partial charge in [-0.15, -0.1) is 11.3 Å². The van der Waals surface area contributed by atoms with E-state index >= 15 is 0 Å². The molecule has 10 heteroatoms. The van der Waals surface area contributed by atoms with Gasteiger partial charge < -0.3 is 4.90 Å². The van der Waals surface area contributed by atoms with Crippen molar-refractivity contribution in [2.24, 2.45) is 0 Å². The molecule has 0 radical (unpaired) electrons. The second-order valence-electron chi connectivity index (χ2n) is 5.22. The first-order valence-electron chi connectivity index (χ1n) is 7.11. The van der Waals surface area contributed by atoms with Gasteiger partial charge in [-0.2, -0.15) is 17.5 Å². The van der Waals surface area contributed by atoms with E-state index in [4.69, 9.17) is 0 Å². The molecule has 1 aliphatic heterocycles. The van der Waals surface area contributed by atoms with Crippen LogP contribution in [0.2, 0.25) is 0 Å². The summed E-state index contributed by atoms with van der Waals surface area (Å²) in [5.41, 5.74) is -0.915. The van der Waals surface area contributed by atoms with E-state index in [1.165, 1.54) is 16.4 Å². The molecule has 130 valence electrons. The third kappa shape index (κ3) is 3.40. The van der Waals surface area contributed by atoms with Gasteiger partial charge in [-0.1, -0.05) is 18.2 Å². The maximum Gasteiger partial charge on any atom is 0.434 e. The molecule has 0 aliphatic carbocycles. The molecule has 0 atom stereocenters. The molecule has 5 nitrogen and oxygen atoms in total. The summed E-state index contributed by atoms with van der Waals surface area (Å²) in [5, 5.41) is 1.24. The van der Waals surface area contributed by atoms with Crippen LogP contribution < -0.4 is 4.90 Å². The number of hydrogen-bond acceptors (Lipinski definition) is 5. The van der Waals surface area contributed by atoms with Crippen LogP contribution in [0.25, 0.3) is 0 Å². The summed E-state index contributed by atoms with van der Waals surface area (Å²) >= 11 is 0.915. The van der Waals surface area contributed by atoms with Gasteiger partial charge in [0.2, 0.25) is 10.0 Å². The Balaban J connectivity index is 1.69. The van der Waals surface area contributed by atoms with E-state index in [2.05, 4.69) is 4.98 Å². The Hall–Kier alpha value is -1.65. The summed E-state index contributed by atoms with van der Waals surface area (Å²) in [7, 11) is -3.58. The summed E-state index contributed by atoms with van der Waals surface area (Å²) < 4.78 is 64.2. The van der Waals surface area contributed by atoms with E-state index in [9.17, 15) is 21.6 Å². The molecule has 2 heterocycles. The molecule has 0 unspecified atom stereocenters. The fourth-order valence-corrected chi connectivity index (χ4v) is 4.73. The predicted octanol–water partition coefficient (Wildman–Crippen LogP) is 2.67. The summed E-state index contributed by atoms with van der Waals surface area (Å²) in [6.45, 7) is 1.02. The van der Waals surface area contributed by atoms with Crippen LogP contribution in [0.3, 0.4) is 0 Å². The monoisotopic (exact) mass is 377 g/mol. The minimum atomic E-state index is -4.47. The van der Waals surface area contributed by atoms with E-state index in [1.54, 1.807) is 23.1 Å². The average molecular weight is 377 g/mol. The van der Waals surface area contributed by atoms with Gasteiger partial charge in [-0.05, 0) is 12.1 Å². The van der Waals surface area contributed by atoms with Crippen molar-refractivity contribution in [1.82, 2.24) is 9.29 Å². The average Bonchev–Trinajstić information content (AvgIpc) is 3.06. The van der Waals surface area contributed by atoms with Crippen molar-refractivity contribution < 1.29 is 21.6 Å². The Labute approximate surface area is 141 Å². The molecule has 1 aliphatic rings. The zero-order chi connectivity index (χ0) is 17.4. The number of rotatable bonds is 3. The Morgan fingerprint density at radius 3 is 2.21 bits per heavy atom. The maximum atomic E-state index is 12.6. The van der Waals surface area contributed by atoms with Crippen LogP contribution in [-0.4, -0.2) is 43.9 Å². The number of piperazine rings is 1. The van der Waals surface area contributed by atoms with Gasteiger partial charge >= 0.3 is 6.18 Å². The van der Waals surface area contributed by atoms with Gasteiger partial charge in [0.25, 0.3) is 0 Å². The Bertz CT molecular complexity index is 798. The molecular weight excluding hydrogens is 363 g/mol. The van der Waals surface area contributed by atoms with Crippen molar-refractivity contribution in [1.29, 1.82) is 0 Å². The number of anilines is 1. The topological polar surface area (TPSA) is 53.5 Å². The minimum Gasteiger partial charge on any atom is -0.345 e. The van der Waals surface area contributed by atoms with E-state index in [0.29, 0.717) is 13.1 Å². The van der Waals surface area contributed by atoms with E-state index in [1.807, 2.05) is 0 Å². The van der Waals surface area contributed by atoms with Crippen LogP contribution in [0.4, 0.5) is 18.3 Å². The van der Waals surface area contributed by atoms with Crippen LogP contribution in [0.15, 0.2) is 40.6 Å². The molecule has 0 N–H and O–H groups in total. The minimum absolute atomic E-state index is 0.207. The molecule has 1 fully saturated rings. The largest absolute Gasteiger partial charge is 0.434 e. The molecular formula is C14H14F3N3O2S2. The highest BCUT2D eigenvalue weighted by Gasteiger charge is 2.35. The summed E-state index contributed by atoms with van der Waals surface area (Å²) in [6, 6.07) is 8.09. The standard InChI is InChI=1S/C14H14F3N3O2S2/c15-14(16,17)12-10-23-13(18-12)19-6-8-20(9-7-19)24(21,22)11-4-2-1-3-5-11/h1-5,10H,6-9H2. The number of nitrogens with zero attached hydrogens (tertiary/aromatic N) is 3. The van der Waals surface area contributed by atoms with Crippen LogP contribution in [-0.2, 0) is 16.2 Å². The van der Waals surface area contributed by atoms with E-state index in [0.717, 1.165) is 16.7 Å². The fourth-order valence-electron chi connectivity index (χ4n) is 2.40. The molecule has 0 saturated carbocycles. The maximum absolute atomic E-state index is 12.6. The zero-order valence-corrected chi connectivity index (χ0v) is 14.0. The smallest absolute Gasteiger partial charge is 0.345 e. The molecule has 3 rings (SSSR count). The van der Waals surface area contributed by atoms with E-state index < -0.39 is 21.9 Å². The van der Waals surface area contributed by atoms with Crippen molar-refractivity contribution in [3.05, 3.63) is 41.4 Å². The molecule has 0 bridgehead atoms. The molecule has 1 saturated heterocycles. The normalized spacial score (nSPS) is 17.2. The van der Waals surface area contributed by atoms with E-state index in [-0.39, 0.29) is 23.1 Å². The van der Waals surface area contributed by atoms with Crippen molar-refractivity contribution >= 4 is 26.5 Å². The lowest BCUT2D eigenvalue weighted by molar-refractivity contribution is -0.140. The fraction of sp³-hybridized carbons (Fsp3) is 0.357. The van der Waals surface area contributed by atoms with Crippen molar-refractivity contribution in [3.63, 3.8) is 0 Å². The lowest BCUT2D eigenvalue weighted by Gasteiger charge is -2.33. The lowest BCUT2D eigenvalue weighted by atomic mass is 10.4. The predicted molar refractivity (Wildman–Crippen MR) is 84.5 cm³/mol.